The summed E-state index contributed by atoms with van der Waals surface area (Å²) < 4.78 is 2.18. The van der Waals surface area contributed by atoms with Crippen molar-refractivity contribution < 1.29 is 0 Å². The van der Waals surface area contributed by atoms with Gasteiger partial charge in [-0.25, -0.2) is 0 Å². The highest BCUT2D eigenvalue weighted by molar-refractivity contribution is 5.83. The number of tetrazole rings is 1. The summed E-state index contributed by atoms with van der Waals surface area (Å²) in [6.45, 7) is 5.80. The van der Waals surface area contributed by atoms with Crippen molar-refractivity contribution in [2.24, 2.45) is 7.05 Å². The van der Waals surface area contributed by atoms with E-state index in [2.05, 4.69) is 69.6 Å². The Kier molecular flexibility index (Phi) is 3.70. The topological polar surface area (TPSA) is 60.6 Å². The highest BCUT2D eigenvalue weighted by atomic mass is 15.6. The van der Waals surface area contributed by atoms with E-state index in [-0.39, 0.29) is 0 Å². The van der Waals surface area contributed by atoms with Crippen LogP contribution in [0.4, 0.5) is 0 Å². The molecule has 0 fully saturated rings. The number of hydrogen-bond donors (Lipinski definition) is 1. The van der Waals surface area contributed by atoms with Gasteiger partial charge in [-0.3, -0.25) is 0 Å². The number of aryl methyl sites for hydroxylation is 1. The second-order valence-corrected chi connectivity index (χ2v) is 5.53. The third-order valence-electron chi connectivity index (χ3n) is 3.43. The predicted octanol–water partition coefficient (Wildman–Crippen LogP) is 1.71. The Morgan fingerprint density at radius 1 is 1.24 bits per heavy atom. The van der Waals surface area contributed by atoms with Crippen LogP contribution < -0.4 is 5.32 Å². The molecular formula is C15H20N6. The first kappa shape index (κ1) is 13.8. The predicted molar refractivity (Wildman–Crippen MR) is 81.8 cm³/mol. The van der Waals surface area contributed by atoms with Gasteiger partial charge in [-0.05, 0) is 22.2 Å². The van der Waals surface area contributed by atoms with E-state index >= 15 is 0 Å². The van der Waals surface area contributed by atoms with Crippen molar-refractivity contribution in [3.05, 3.63) is 41.9 Å². The van der Waals surface area contributed by atoms with Gasteiger partial charge < -0.3 is 9.88 Å². The molecule has 2 heterocycles. The van der Waals surface area contributed by atoms with Crippen LogP contribution in [0.15, 0.2) is 30.5 Å². The van der Waals surface area contributed by atoms with Gasteiger partial charge in [0, 0.05) is 18.8 Å². The summed E-state index contributed by atoms with van der Waals surface area (Å²) in [4.78, 5) is 1.49. The van der Waals surface area contributed by atoms with Gasteiger partial charge in [-0.15, -0.1) is 10.2 Å². The summed E-state index contributed by atoms with van der Waals surface area (Å²) in [5.74, 6) is 0.724. The molecule has 0 aliphatic heterocycles. The van der Waals surface area contributed by atoms with Crippen LogP contribution >= 0.6 is 0 Å². The molecule has 0 aliphatic rings. The van der Waals surface area contributed by atoms with Gasteiger partial charge in [0.2, 0.25) is 0 Å². The summed E-state index contributed by atoms with van der Waals surface area (Å²) in [5.41, 5.74) is 2.52. The molecule has 21 heavy (non-hydrogen) atoms. The minimum atomic E-state index is 0.463. The van der Waals surface area contributed by atoms with Crippen LogP contribution in [0.1, 0.15) is 25.2 Å². The normalized spacial score (nSPS) is 11.6. The minimum Gasteiger partial charge on any atom is -0.339 e. The van der Waals surface area contributed by atoms with Crippen molar-refractivity contribution in [2.45, 2.75) is 33.0 Å². The van der Waals surface area contributed by atoms with Crippen LogP contribution in [0, 0.1) is 0 Å². The van der Waals surface area contributed by atoms with E-state index < -0.39 is 0 Å². The fourth-order valence-corrected chi connectivity index (χ4v) is 2.47. The lowest BCUT2D eigenvalue weighted by Crippen LogP contribution is -2.22. The van der Waals surface area contributed by atoms with E-state index in [0.29, 0.717) is 12.6 Å². The zero-order valence-electron chi connectivity index (χ0n) is 12.6. The van der Waals surface area contributed by atoms with Crippen LogP contribution in [-0.2, 0) is 20.1 Å². The Balaban J connectivity index is 1.95. The number of nitrogens with one attached hydrogen (secondary N) is 1. The molecule has 1 N–H and O–H groups in total. The molecule has 2 aromatic heterocycles. The molecule has 0 saturated heterocycles. The number of para-hydroxylation sites is 1. The van der Waals surface area contributed by atoms with Crippen molar-refractivity contribution in [2.75, 3.05) is 0 Å². The molecule has 3 aromatic rings. The van der Waals surface area contributed by atoms with Crippen molar-refractivity contribution >= 4 is 10.9 Å². The summed E-state index contributed by atoms with van der Waals surface area (Å²) >= 11 is 0. The summed E-state index contributed by atoms with van der Waals surface area (Å²) in [7, 11) is 1.78. The molecule has 6 heteroatoms. The lowest BCUT2D eigenvalue weighted by atomic mass is 10.1. The van der Waals surface area contributed by atoms with Gasteiger partial charge in [0.15, 0.2) is 5.82 Å². The van der Waals surface area contributed by atoms with Gasteiger partial charge in [0.25, 0.3) is 0 Å². The smallest absolute Gasteiger partial charge is 0.194 e. The number of hydrogen-bond acceptors (Lipinski definition) is 4. The molecule has 0 atom stereocenters. The lowest BCUT2D eigenvalue weighted by molar-refractivity contribution is 0.589. The molecule has 3 rings (SSSR count). The number of aromatic nitrogens is 5. The third-order valence-corrected chi connectivity index (χ3v) is 3.43. The summed E-state index contributed by atoms with van der Waals surface area (Å²) in [5, 5.41) is 16.9. The Bertz CT molecular complexity index is 740. The van der Waals surface area contributed by atoms with Gasteiger partial charge in [0.05, 0.1) is 19.1 Å². The first-order chi connectivity index (χ1) is 10.1. The highest BCUT2D eigenvalue weighted by Gasteiger charge is 2.09. The average molecular weight is 284 g/mol. The largest absolute Gasteiger partial charge is 0.339 e. The second kappa shape index (κ2) is 5.65. The van der Waals surface area contributed by atoms with Crippen molar-refractivity contribution in [1.82, 2.24) is 30.1 Å². The zero-order valence-corrected chi connectivity index (χ0v) is 12.6. The highest BCUT2D eigenvalue weighted by Crippen LogP contribution is 2.21. The van der Waals surface area contributed by atoms with Crippen LogP contribution in [-0.4, -0.2) is 30.8 Å². The van der Waals surface area contributed by atoms with Crippen molar-refractivity contribution in [3.8, 4) is 0 Å². The molecule has 0 amide bonds. The Morgan fingerprint density at radius 2 is 2.10 bits per heavy atom. The van der Waals surface area contributed by atoms with E-state index in [1.165, 1.54) is 21.3 Å². The van der Waals surface area contributed by atoms with E-state index in [4.69, 9.17) is 0 Å². The first-order valence-corrected chi connectivity index (χ1v) is 7.16. The number of nitrogens with zero attached hydrogens (tertiary/aromatic N) is 5. The van der Waals surface area contributed by atoms with E-state index in [1.54, 1.807) is 7.05 Å². The molecule has 0 unspecified atom stereocenters. The van der Waals surface area contributed by atoms with Gasteiger partial charge >= 0.3 is 0 Å². The zero-order chi connectivity index (χ0) is 14.8. The lowest BCUT2D eigenvalue weighted by Gasteiger charge is -2.11. The van der Waals surface area contributed by atoms with Gasteiger partial charge in [0.1, 0.15) is 0 Å². The maximum absolute atomic E-state index is 4.25. The first-order valence-electron chi connectivity index (χ1n) is 7.16. The van der Waals surface area contributed by atoms with Crippen molar-refractivity contribution in [1.29, 1.82) is 0 Å². The maximum atomic E-state index is 4.25. The molecule has 0 saturated carbocycles. The Labute approximate surface area is 123 Å². The minimum absolute atomic E-state index is 0.463. The van der Waals surface area contributed by atoms with Crippen LogP contribution in [0.25, 0.3) is 10.9 Å². The number of rotatable bonds is 5. The molecule has 0 aliphatic carbocycles. The fourth-order valence-electron chi connectivity index (χ4n) is 2.47. The van der Waals surface area contributed by atoms with Gasteiger partial charge in [-0.2, -0.15) is 4.80 Å². The summed E-state index contributed by atoms with van der Waals surface area (Å²) in [6, 6.07) is 8.99. The molecule has 0 radical (unpaired) electrons. The Morgan fingerprint density at radius 3 is 2.81 bits per heavy atom. The maximum Gasteiger partial charge on any atom is 0.194 e. The average Bonchev–Trinajstić information content (AvgIpc) is 3.04. The molecular weight excluding hydrogens is 264 g/mol. The summed E-state index contributed by atoms with van der Waals surface area (Å²) in [6.07, 6.45) is 2.08. The van der Waals surface area contributed by atoms with Crippen LogP contribution in [0.5, 0.6) is 0 Å². The van der Waals surface area contributed by atoms with E-state index in [9.17, 15) is 0 Å². The van der Waals surface area contributed by atoms with Crippen LogP contribution in [0.2, 0.25) is 0 Å². The monoisotopic (exact) mass is 284 g/mol. The third kappa shape index (κ3) is 2.95. The SMILES string of the molecule is CC(C)NCc1cccc2ccn(Cc3nnn(C)n3)c12. The Hall–Kier alpha value is -2.21. The molecule has 0 spiro atoms. The molecule has 1 aromatic carbocycles. The van der Waals surface area contributed by atoms with E-state index in [0.717, 1.165) is 12.4 Å². The number of fused-ring (bicyclic) bond motifs is 1. The van der Waals surface area contributed by atoms with Crippen LogP contribution in [0.3, 0.4) is 0 Å². The standard InChI is InChI=1S/C15H20N6/c1-11(2)16-9-13-6-4-5-12-7-8-21(15(12)13)10-14-17-19-20(3)18-14/h4-8,11,16H,9-10H2,1-3H3. The van der Waals surface area contributed by atoms with E-state index in [1.807, 2.05) is 0 Å². The fraction of sp³-hybridized carbons (Fsp3) is 0.400. The van der Waals surface area contributed by atoms with Gasteiger partial charge in [-0.1, -0.05) is 32.0 Å². The second-order valence-electron chi connectivity index (χ2n) is 5.53. The molecule has 110 valence electrons. The molecule has 0 bridgehead atoms. The molecule has 6 nitrogen and oxygen atoms in total. The van der Waals surface area contributed by atoms with Crippen molar-refractivity contribution in [3.63, 3.8) is 0 Å². The quantitative estimate of drug-likeness (QED) is 0.775. The number of benzene rings is 1.